The lowest BCUT2D eigenvalue weighted by Crippen LogP contribution is -2.28. The molecule has 1 aromatic carbocycles. The molecule has 1 fully saturated rings. The highest BCUT2D eigenvalue weighted by Crippen LogP contribution is 2.37. The molecule has 25 heavy (non-hydrogen) atoms. The van der Waals surface area contributed by atoms with Gasteiger partial charge in [0.15, 0.2) is 18.1 Å². The van der Waals surface area contributed by atoms with E-state index in [0.29, 0.717) is 20.6 Å². The molecule has 0 atom stereocenters. The van der Waals surface area contributed by atoms with E-state index in [9.17, 15) is 14.4 Å². The minimum absolute atomic E-state index is 0.0785. The lowest BCUT2D eigenvalue weighted by atomic mass is 10.2. The summed E-state index contributed by atoms with van der Waals surface area (Å²) in [6.07, 6.45) is 6.71. The number of carboxylic acid groups (broad SMARTS) is 1. The molecule has 0 spiro atoms. The van der Waals surface area contributed by atoms with Gasteiger partial charge in [-0.2, -0.15) is 0 Å². The van der Waals surface area contributed by atoms with Crippen LogP contribution in [0.25, 0.3) is 6.08 Å². The topological polar surface area (TPSA) is 93.1 Å². The molecular formula is C16H12INO6S. The molecule has 1 heterocycles. The van der Waals surface area contributed by atoms with E-state index in [0.717, 1.165) is 16.7 Å². The van der Waals surface area contributed by atoms with Crippen molar-refractivity contribution < 1.29 is 29.0 Å². The second-order valence-electron chi connectivity index (χ2n) is 4.69. The Bertz CT molecular complexity index is 814. The number of hydrogen-bond donors (Lipinski definition) is 1. The molecule has 9 heteroatoms. The van der Waals surface area contributed by atoms with Crippen LogP contribution in [0.1, 0.15) is 5.56 Å². The van der Waals surface area contributed by atoms with Crippen molar-refractivity contribution in [3.05, 3.63) is 26.2 Å². The van der Waals surface area contributed by atoms with Crippen molar-refractivity contribution in [2.45, 2.75) is 0 Å². The van der Waals surface area contributed by atoms with Crippen LogP contribution in [0.15, 0.2) is 17.0 Å². The van der Waals surface area contributed by atoms with Gasteiger partial charge in [-0.05, 0) is 58.1 Å². The highest BCUT2D eigenvalue weighted by Gasteiger charge is 2.34. The van der Waals surface area contributed by atoms with Crippen LogP contribution < -0.4 is 9.47 Å². The summed E-state index contributed by atoms with van der Waals surface area (Å²) < 4.78 is 11.1. The Balaban J connectivity index is 2.33. The Hall–Kier alpha value is -2.19. The Kier molecular flexibility index (Phi) is 6.33. The van der Waals surface area contributed by atoms with E-state index in [2.05, 4.69) is 5.92 Å². The SMILES string of the molecule is C#CCN1C(=O)S/C(=C/c2cc(I)c(OCC(=O)O)c(OC)c2)C1=O. The van der Waals surface area contributed by atoms with Crippen molar-refractivity contribution in [1.82, 2.24) is 4.90 Å². The van der Waals surface area contributed by atoms with Gasteiger partial charge in [-0.25, -0.2) is 4.79 Å². The van der Waals surface area contributed by atoms with E-state index >= 15 is 0 Å². The van der Waals surface area contributed by atoms with Crippen LogP contribution in [0.3, 0.4) is 0 Å². The molecule has 1 aliphatic rings. The third-order valence-electron chi connectivity index (χ3n) is 3.01. The number of carbonyl (C=O) groups excluding carboxylic acids is 2. The van der Waals surface area contributed by atoms with Crippen LogP contribution in [0.4, 0.5) is 4.79 Å². The van der Waals surface area contributed by atoms with Gasteiger partial charge in [-0.15, -0.1) is 6.42 Å². The maximum atomic E-state index is 12.2. The van der Waals surface area contributed by atoms with Gasteiger partial charge in [0.25, 0.3) is 11.1 Å². The average Bonchev–Trinajstić information content (AvgIpc) is 2.81. The van der Waals surface area contributed by atoms with Crippen LogP contribution in [0.5, 0.6) is 11.5 Å². The Morgan fingerprint density at radius 1 is 1.48 bits per heavy atom. The smallest absolute Gasteiger partial charge is 0.341 e. The maximum Gasteiger partial charge on any atom is 0.341 e. The van der Waals surface area contributed by atoms with Crippen molar-refractivity contribution in [2.24, 2.45) is 0 Å². The fourth-order valence-electron chi connectivity index (χ4n) is 1.98. The average molecular weight is 473 g/mol. The minimum atomic E-state index is -1.11. The van der Waals surface area contributed by atoms with Crippen molar-refractivity contribution in [2.75, 3.05) is 20.3 Å². The summed E-state index contributed by atoms with van der Waals surface area (Å²) in [4.78, 5) is 35.9. The fourth-order valence-corrected chi connectivity index (χ4v) is 3.60. The predicted octanol–water partition coefficient (Wildman–Crippen LogP) is 2.43. The second kappa shape index (κ2) is 8.26. The van der Waals surface area contributed by atoms with Crippen LogP contribution >= 0.6 is 34.4 Å². The van der Waals surface area contributed by atoms with E-state index < -0.39 is 23.7 Å². The zero-order chi connectivity index (χ0) is 18.6. The number of amides is 2. The van der Waals surface area contributed by atoms with E-state index in [1.807, 2.05) is 22.6 Å². The maximum absolute atomic E-state index is 12.2. The molecule has 0 unspecified atom stereocenters. The van der Waals surface area contributed by atoms with Gasteiger partial charge in [0.2, 0.25) is 0 Å². The summed E-state index contributed by atoms with van der Waals surface area (Å²) in [7, 11) is 1.42. The third-order valence-corrected chi connectivity index (χ3v) is 4.72. The molecule has 1 N–H and O–H groups in total. The van der Waals surface area contributed by atoms with Gasteiger partial charge < -0.3 is 14.6 Å². The Morgan fingerprint density at radius 2 is 2.20 bits per heavy atom. The molecule has 0 aliphatic carbocycles. The zero-order valence-corrected chi connectivity index (χ0v) is 15.9. The van der Waals surface area contributed by atoms with Crippen LogP contribution in [0, 0.1) is 15.9 Å². The highest BCUT2D eigenvalue weighted by atomic mass is 127. The van der Waals surface area contributed by atoms with E-state index in [1.165, 1.54) is 7.11 Å². The number of carbonyl (C=O) groups is 3. The first-order valence-electron chi connectivity index (χ1n) is 6.78. The highest BCUT2D eigenvalue weighted by molar-refractivity contribution is 14.1. The number of benzene rings is 1. The number of imide groups is 1. The third kappa shape index (κ3) is 4.46. The molecule has 130 valence electrons. The Labute approximate surface area is 161 Å². The number of thioether (sulfide) groups is 1. The lowest BCUT2D eigenvalue weighted by molar-refractivity contribution is -0.139. The molecule has 2 rings (SSSR count). The molecule has 0 radical (unpaired) electrons. The van der Waals surface area contributed by atoms with E-state index in [1.54, 1.807) is 18.2 Å². The number of methoxy groups -OCH3 is 1. The standard InChI is InChI=1S/C16H12INO6S/c1-3-4-18-15(21)12(25-16(18)22)7-9-5-10(17)14(11(6-9)23-2)24-8-13(19)20/h1,5-7H,4,8H2,2H3,(H,19,20)/b12-7+. The number of halogens is 1. The van der Waals surface area contributed by atoms with Gasteiger partial charge in [0.1, 0.15) is 0 Å². The summed E-state index contributed by atoms with van der Waals surface area (Å²) in [5.41, 5.74) is 0.607. The zero-order valence-electron chi connectivity index (χ0n) is 12.9. The summed E-state index contributed by atoms with van der Waals surface area (Å²) >= 11 is 2.78. The lowest BCUT2D eigenvalue weighted by Gasteiger charge is -2.12. The summed E-state index contributed by atoms with van der Waals surface area (Å²) in [6.45, 7) is -0.582. The quantitative estimate of drug-likeness (QED) is 0.386. The van der Waals surface area contributed by atoms with Crippen molar-refractivity contribution in [3.63, 3.8) is 0 Å². The first-order valence-corrected chi connectivity index (χ1v) is 8.67. The van der Waals surface area contributed by atoms with Gasteiger partial charge in [-0.1, -0.05) is 5.92 Å². The number of ether oxygens (including phenoxy) is 2. The molecular weight excluding hydrogens is 461 g/mol. The number of rotatable bonds is 6. The monoisotopic (exact) mass is 473 g/mol. The largest absolute Gasteiger partial charge is 0.493 e. The van der Waals surface area contributed by atoms with Gasteiger partial charge in [0, 0.05) is 0 Å². The van der Waals surface area contributed by atoms with Gasteiger partial charge in [-0.3, -0.25) is 14.5 Å². The summed E-state index contributed by atoms with van der Waals surface area (Å²) in [6, 6.07) is 3.28. The van der Waals surface area contributed by atoms with Crippen LogP contribution in [-0.4, -0.2) is 47.4 Å². The number of nitrogens with zero attached hydrogens (tertiary/aromatic N) is 1. The van der Waals surface area contributed by atoms with E-state index in [-0.39, 0.29) is 11.4 Å². The summed E-state index contributed by atoms with van der Waals surface area (Å²) in [5, 5.41) is 8.31. The number of terminal acetylenes is 1. The van der Waals surface area contributed by atoms with Crippen molar-refractivity contribution in [1.29, 1.82) is 0 Å². The fraction of sp³-hybridized carbons (Fsp3) is 0.188. The minimum Gasteiger partial charge on any atom is -0.493 e. The van der Waals surface area contributed by atoms with Crippen LogP contribution in [0.2, 0.25) is 0 Å². The molecule has 7 nitrogen and oxygen atoms in total. The number of hydrogen-bond acceptors (Lipinski definition) is 6. The molecule has 0 aromatic heterocycles. The number of carboxylic acids is 1. The first kappa shape index (κ1) is 19.1. The first-order chi connectivity index (χ1) is 11.9. The predicted molar refractivity (Wildman–Crippen MR) is 100 cm³/mol. The van der Waals surface area contributed by atoms with Crippen molar-refractivity contribution in [3.8, 4) is 23.8 Å². The van der Waals surface area contributed by atoms with Crippen molar-refractivity contribution >= 4 is 57.5 Å². The van der Waals surface area contributed by atoms with E-state index in [4.69, 9.17) is 21.0 Å². The van der Waals surface area contributed by atoms with Crippen LogP contribution in [-0.2, 0) is 9.59 Å². The normalized spacial score (nSPS) is 15.4. The van der Waals surface area contributed by atoms with Gasteiger partial charge in [0.05, 0.1) is 22.1 Å². The van der Waals surface area contributed by atoms with Gasteiger partial charge >= 0.3 is 5.97 Å². The molecule has 1 aliphatic heterocycles. The second-order valence-corrected chi connectivity index (χ2v) is 6.84. The molecule has 0 saturated carbocycles. The molecule has 1 saturated heterocycles. The summed E-state index contributed by atoms with van der Waals surface area (Å²) in [5.74, 6) is 1.33. The number of aliphatic carboxylic acids is 1. The molecule has 0 bridgehead atoms. The Morgan fingerprint density at radius 3 is 2.80 bits per heavy atom. The molecule has 1 aromatic rings. The molecule has 2 amide bonds.